The first-order valence-electron chi connectivity index (χ1n) is 4.56. The van der Waals surface area contributed by atoms with Gasteiger partial charge in [0.25, 0.3) is 0 Å². The largest absolute Gasteiger partial charge is 0.323 e. The Morgan fingerprint density at radius 3 is 2.92 bits per heavy atom. The van der Waals surface area contributed by atoms with Crippen molar-refractivity contribution in [3.63, 3.8) is 0 Å². The Balaban J connectivity index is 2.76. The summed E-state index contributed by atoms with van der Waals surface area (Å²) in [7, 11) is 0. The van der Waals surface area contributed by atoms with E-state index in [1.54, 1.807) is 0 Å². The predicted molar refractivity (Wildman–Crippen MR) is 49.7 cm³/mol. The maximum Gasteiger partial charge on any atom is 0.0551 e. The van der Waals surface area contributed by atoms with Crippen LogP contribution in [0.5, 0.6) is 0 Å². The number of aryl methyl sites for hydroxylation is 1. The fourth-order valence-corrected chi connectivity index (χ4v) is 1.27. The molecule has 0 aliphatic carbocycles. The lowest BCUT2D eigenvalue weighted by molar-refractivity contribution is 0.533. The molecular formula is C9H17N3. The molecule has 2 N–H and O–H groups in total. The highest BCUT2D eigenvalue weighted by Gasteiger charge is 2.08. The minimum atomic E-state index is 0.138. The number of aromatic nitrogens is 2. The molecule has 0 saturated carbocycles. The number of nitrogens with two attached hydrogens (primary N) is 1. The highest BCUT2D eigenvalue weighted by Crippen LogP contribution is 2.12. The third-order valence-corrected chi connectivity index (χ3v) is 2.00. The molecule has 12 heavy (non-hydrogen) atoms. The standard InChI is InChI=1S/C9H17N3/c1-3-7-12-9(5-6-11-12)8(10)4-2/h5-6,8H,3-4,7,10H2,1-2H3. The number of rotatable bonds is 4. The summed E-state index contributed by atoms with van der Waals surface area (Å²) >= 11 is 0. The summed E-state index contributed by atoms with van der Waals surface area (Å²) < 4.78 is 1.99. The second-order valence-electron chi connectivity index (χ2n) is 2.99. The summed E-state index contributed by atoms with van der Waals surface area (Å²) in [6.07, 6.45) is 3.89. The molecule has 0 aliphatic heterocycles. The van der Waals surface area contributed by atoms with Crippen molar-refractivity contribution in [2.24, 2.45) is 5.73 Å². The van der Waals surface area contributed by atoms with Gasteiger partial charge in [0, 0.05) is 18.8 Å². The molecule has 1 unspecified atom stereocenters. The molecule has 68 valence electrons. The first kappa shape index (κ1) is 9.26. The van der Waals surface area contributed by atoms with Crippen LogP contribution in [0.25, 0.3) is 0 Å². The van der Waals surface area contributed by atoms with E-state index in [1.165, 1.54) is 0 Å². The quantitative estimate of drug-likeness (QED) is 0.741. The van der Waals surface area contributed by atoms with Crippen LogP contribution in [-0.2, 0) is 6.54 Å². The lowest BCUT2D eigenvalue weighted by Crippen LogP contribution is -2.15. The van der Waals surface area contributed by atoms with Crippen molar-refractivity contribution < 1.29 is 0 Å². The fourth-order valence-electron chi connectivity index (χ4n) is 1.27. The molecule has 3 nitrogen and oxygen atoms in total. The average molecular weight is 167 g/mol. The third-order valence-electron chi connectivity index (χ3n) is 2.00. The summed E-state index contributed by atoms with van der Waals surface area (Å²) in [6, 6.07) is 2.14. The van der Waals surface area contributed by atoms with E-state index in [2.05, 4.69) is 18.9 Å². The fraction of sp³-hybridized carbons (Fsp3) is 0.667. The SMILES string of the molecule is CCCn1nccc1C(N)CC. The Kier molecular flexibility index (Phi) is 3.29. The Labute approximate surface area is 73.6 Å². The zero-order chi connectivity index (χ0) is 8.97. The van der Waals surface area contributed by atoms with E-state index in [-0.39, 0.29) is 6.04 Å². The van der Waals surface area contributed by atoms with Gasteiger partial charge in [-0.05, 0) is 18.9 Å². The molecule has 0 aliphatic rings. The monoisotopic (exact) mass is 167 g/mol. The topological polar surface area (TPSA) is 43.8 Å². The van der Waals surface area contributed by atoms with E-state index in [0.717, 1.165) is 25.1 Å². The minimum absolute atomic E-state index is 0.138. The molecule has 1 aromatic rings. The van der Waals surface area contributed by atoms with Crippen LogP contribution in [0.15, 0.2) is 12.3 Å². The Bertz CT molecular complexity index is 229. The smallest absolute Gasteiger partial charge is 0.0551 e. The number of hydrogen-bond acceptors (Lipinski definition) is 2. The van der Waals surface area contributed by atoms with Crippen LogP contribution in [0.3, 0.4) is 0 Å². The zero-order valence-corrected chi connectivity index (χ0v) is 7.83. The molecule has 0 amide bonds. The molecule has 0 fully saturated rings. The van der Waals surface area contributed by atoms with Gasteiger partial charge in [0.05, 0.1) is 5.69 Å². The van der Waals surface area contributed by atoms with Crippen LogP contribution in [-0.4, -0.2) is 9.78 Å². The van der Waals surface area contributed by atoms with Crippen molar-refractivity contribution in [2.45, 2.75) is 39.3 Å². The number of hydrogen-bond donors (Lipinski definition) is 1. The molecular weight excluding hydrogens is 150 g/mol. The van der Waals surface area contributed by atoms with Gasteiger partial charge in [-0.15, -0.1) is 0 Å². The van der Waals surface area contributed by atoms with Gasteiger partial charge in [-0.1, -0.05) is 13.8 Å². The molecule has 0 saturated heterocycles. The Hall–Kier alpha value is -0.830. The highest BCUT2D eigenvalue weighted by atomic mass is 15.3. The van der Waals surface area contributed by atoms with E-state index in [4.69, 9.17) is 5.73 Å². The van der Waals surface area contributed by atoms with Crippen LogP contribution >= 0.6 is 0 Å². The predicted octanol–water partition coefficient (Wildman–Crippen LogP) is 1.70. The van der Waals surface area contributed by atoms with Crippen LogP contribution in [0.4, 0.5) is 0 Å². The van der Waals surface area contributed by atoms with Gasteiger partial charge >= 0.3 is 0 Å². The summed E-state index contributed by atoms with van der Waals surface area (Å²) in [5.74, 6) is 0. The van der Waals surface area contributed by atoms with Crippen molar-refractivity contribution in [1.82, 2.24) is 9.78 Å². The summed E-state index contributed by atoms with van der Waals surface area (Å²) in [5, 5.41) is 4.21. The van der Waals surface area contributed by atoms with E-state index in [0.29, 0.717) is 0 Å². The lowest BCUT2D eigenvalue weighted by Gasteiger charge is -2.11. The molecule has 0 bridgehead atoms. The molecule has 0 spiro atoms. The van der Waals surface area contributed by atoms with Crippen molar-refractivity contribution in [3.05, 3.63) is 18.0 Å². The average Bonchev–Trinajstić information content (AvgIpc) is 2.52. The summed E-state index contributed by atoms with van der Waals surface area (Å²) in [5.41, 5.74) is 7.06. The van der Waals surface area contributed by atoms with Gasteiger partial charge in [0.2, 0.25) is 0 Å². The maximum atomic E-state index is 5.91. The van der Waals surface area contributed by atoms with Crippen LogP contribution in [0, 0.1) is 0 Å². The second-order valence-corrected chi connectivity index (χ2v) is 2.99. The van der Waals surface area contributed by atoms with Gasteiger partial charge in [-0.25, -0.2) is 0 Å². The van der Waals surface area contributed by atoms with Crippen molar-refractivity contribution >= 4 is 0 Å². The summed E-state index contributed by atoms with van der Waals surface area (Å²) in [6.45, 7) is 5.20. The summed E-state index contributed by atoms with van der Waals surface area (Å²) in [4.78, 5) is 0. The van der Waals surface area contributed by atoms with Crippen molar-refractivity contribution in [1.29, 1.82) is 0 Å². The Morgan fingerprint density at radius 1 is 1.58 bits per heavy atom. The minimum Gasteiger partial charge on any atom is -0.323 e. The Morgan fingerprint density at radius 2 is 2.33 bits per heavy atom. The molecule has 1 heterocycles. The molecule has 1 atom stereocenters. The van der Waals surface area contributed by atoms with E-state index in [9.17, 15) is 0 Å². The van der Waals surface area contributed by atoms with Crippen LogP contribution in [0.2, 0.25) is 0 Å². The van der Waals surface area contributed by atoms with Gasteiger partial charge < -0.3 is 5.73 Å². The second kappa shape index (κ2) is 4.26. The van der Waals surface area contributed by atoms with Gasteiger partial charge in [0.1, 0.15) is 0 Å². The number of nitrogens with zero attached hydrogens (tertiary/aromatic N) is 2. The zero-order valence-electron chi connectivity index (χ0n) is 7.83. The van der Waals surface area contributed by atoms with Crippen LogP contribution in [0.1, 0.15) is 38.4 Å². The van der Waals surface area contributed by atoms with Gasteiger partial charge in [0.15, 0.2) is 0 Å². The molecule has 1 aromatic heterocycles. The first-order valence-corrected chi connectivity index (χ1v) is 4.56. The van der Waals surface area contributed by atoms with Crippen molar-refractivity contribution in [2.75, 3.05) is 0 Å². The third kappa shape index (κ3) is 1.85. The van der Waals surface area contributed by atoms with Crippen molar-refractivity contribution in [3.8, 4) is 0 Å². The van der Waals surface area contributed by atoms with Crippen LogP contribution < -0.4 is 5.73 Å². The molecule has 0 aromatic carbocycles. The van der Waals surface area contributed by atoms with Gasteiger partial charge in [-0.3, -0.25) is 4.68 Å². The first-order chi connectivity index (χ1) is 5.79. The lowest BCUT2D eigenvalue weighted by atomic mass is 10.2. The van der Waals surface area contributed by atoms with E-state index in [1.807, 2.05) is 16.9 Å². The molecule has 0 radical (unpaired) electrons. The maximum absolute atomic E-state index is 5.91. The molecule has 1 rings (SSSR count). The van der Waals surface area contributed by atoms with E-state index < -0.39 is 0 Å². The van der Waals surface area contributed by atoms with Gasteiger partial charge in [-0.2, -0.15) is 5.10 Å². The van der Waals surface area contributed by atoms with E-state index >= 15 is 0 Å². The normalized spacial score (nSPS) is 13.2. The highest BCUT2D eigenvalue weighted by molar-refractivity contribution is 5.05. The molecule has 3 heteroatoms.